The number of benzene rings is 2. The number of ether oxygens (including phenoxy) is 1. The number of aryl methyl sites for hydroxylation is 2. The number of carbonyl (C=O) groups is 3. The monoisotopic (exact) mass is 576 g/mol. The maximum atomic E-state index is 14.1. The number of hydrogen-bond acceptors (Lipinski definition) is 6. The standard InChI is InChI=1S/C31H37FN6O4/c1-20(2)16-27-30(40)33-11-13-37(31(41)23-7-6-21-4-3-5-22(21)17-23)12-10-25-19-38(36-35-25)14-15-42-28-9-8-24(32)18-26(28)29(39)34-27/h6-9,17-20,27H,3-5,10-16H2,1-2H3,(H,33,40)(H,34,39)/t27-/m1/s1. The first kappa shape index (κ1) is 29.2. The Kier molecular flexibility index (Phi) is 9.14. The van der Waals surface area contributed by atoms with E-state index in [-0.39, 0.29) is 48.7 Å². The van der Waals surface area contributed by atoms with Gasteiger partial charge in [-0.15, -0.1) is 5.10 Å². The van der Waals surface area contributed by atoms with Crippen LogP contribution in [-0.4, -0.2) is 69.9 Å². The Hall–Kier alpha value is -4.28. The zero-order valence-corrected chi connectivity index (χ0v) is 24.1. The molecule has 2 aliphatic rings. The van der Waals surface area contributed by atoms with Crippen LogP contribution in [-0.2, 0) is 30.6 Å². The fourth-order valence-corrected chi connectivity index (χ4v) is 5.45. The number of nitrogens with one attached hydrogen (secondary N) is 2. The number of halogens is 1. The van der Waals surface area contributed by atoms with E-state index >= 15 is 0 Å². The molecule has 1 aromatic heterocycles. The topological polar surface area (TPSA) is 118 Å². The van der Waals surface area contributed by atoms with E-state index in [1.807, 2.05) is 32.0 Å². The first-order valence-electron chi connectivity index (χ1n) is 14.6. The van der Waals surface area contributed by atoms with Crippen molar-refractivity contribution in [1.29, 1.82) is 0 Å². The van der Waals surface area contributed by atoms with E-state index in [1.165, 1.54) is 23.3 Å². The van der Waals surface area contributed by atoms with Crippen molar-refractivity contribution in [2.45, 2.75) is 58.5 Å². The van der Waals surface area contributed by atoms with Crippen LogP contribution in [0.1, 0.15) is 64.2 Å². The minimum atomic E-state index is -0.849. The molecule has 3 amide bonds. The summed E-state index contributed by atoms with van der Waals surface area (Å²) >= 11 is 0. The molecular formula is C31H37FN6O4. The van der Waals surface area contributed by atoms with E-state index in [9.17, 15) is 18.8 Å². The second-order valence-electron chi connectivity index (χ2n) is 11.3. The summed E-state index contributed by atoms with van der Waals surface area (Å²) in [5.41, 5.74) is 3.85. The first-order valence-corrected chi connectivity index (χ1v) is 14.6. The van der Waals surface area contributed by atoms with Gasteiger partial charge in [0.25, 0.3) is 11.8 Å². The second kappa shape index (κ2) is 13.1. The molecule has 0 fully saturated rings. The van der Waals surface area contributed by atoms with Gasteiger partial charge in [0, 0.05) is 37.8 Å². The number of aromatic nitrogens is 3. The first-order chi connectivity index (χ1) is 20.3. The number of amides is 3. The number of carbonyl (C=O) groups excluding carboxylic acids is 3. The van der Waals surface area contributed by atoms with Crippen molar-refractivity contribution >= 4 is 17.7 Å². The van der Waals surface area contributed by atoms with E-state index in [4.69, 9.17) is 4.74 Å². The molecule has 11 heteroatoms. The molecule has 1 atom stereocenters. The molecule has 2 aromatic carbocycles. The van der Waals surface area contributed by atoms with Gasteiger partial charge in [-0.2, -0.15) is 0 Å². The van der Waals surface area contributed by atoms with Gasteiger partial charge in [-0.3, -0.25) is 14.4 Å². The summed E-state index contributed by atoms with van der Waals surface area (Å²) in [5.74, 6) is -1.37. The van der Waals surface area contributed by atoms with Crippen molar-refractivity contribution in [1.82, 2.24) is 30.5 Å². The lowest BCUT2D eigenvalue weighted by Crippen LogP contribution is -2.49. The number of fused-ring (bicyclic) bond motifs is 4. The highest BCUT2D eigenvalue weighted by Gasteiger charge is 2.26. The molecule has 222 valence electrons. The molecule has 1 aliphatic carbocycles. The maximum Gasteiger partial charge on any atom is 0.255 e. The molecule has 2 bridgehead atoms. The van der Waals surface area contributed by atoms with Crippen LogP contribution in [0, 0.1) is 11.7 Å². The molecule has 2 heterocycles. The number of nitrogens with zero attached hydrogens (tertiary/aromatic N) is 4. The summed E-state index contributed by atoms with van der Waals surface area (Å²) in [6, 6.07) is 8.78. The minimum absolute atomic E-state index is 0.00284. The van der Waals surface area contributed by atoms with Gasteiger partial charge in [-0.05, 0) is 73.1 Å². The van der Waals surface area contributed by atoms with Crippen molar-refractivity contribution < 1.29 is 23.5 Å². The van der Waals surface area contributed by atoms with Crippen LogP contribution in [0.2, 0.25) is 0 Å². The Bertz CT molecular complexity index is 1450. The van der Waals surface area contributed by atoms with Crippen molar-refractivity contribution in [3.8, 4) is 5.75 Å². The van der Waals surface area contributed by atoms with Crippen LogP contribution in [0.4, 0.5) is 4.39 Å². The van der Waals surface area contributed by atoms with E-state index in [0.717, 1.165) is 25.3 Å². The van der Waals surface area contributed by atoms with E-state index in [1.54, 1.807) is 15.8 Å². The lowest BCUT2D eigenvalue weighted by Gasteiger charge is -2.25. The molecule has 2 N–H and O–H groups in total. The number of hydrogen-bond donors (Lipinski definition) is 2. The van der Waals surface area contributed by atoms with Crippen molar-refractivity contribution in [2.75, 3.05) is 26.2 Å². The van der Waals surface area contributed by atoms with Crippen LogP contribution in [0.25, 0.3) is 0 Å². The van der Waals surface area contributed by atoms with Crippen LogP contribution >= 0.6 is 0 Å². The Morgan fingerprint density at radius 1 is 1.07 bits per heavy atom. The highest BCUT2D eigenvalue weighted by Crippen LogP contribution is 2.24. The highest BCUT2D eigenvalue weighted by atomic mass is 19.1. The predicted molar refractivity (Wildman–Crippen MR) is 154 cm³/mol. The lowest BCUT2D eigenvalue weighted by molar-refractivity contribution is -0.123. The molecule has 0 radical (unpaired) electrons. The quantitative estimate of drug-likeness (QED) is 0.495. The van der Waals surface area contributed by atoms with Crippen LogP contribution < -0.4 is 15.4 Å². The van der Waals surface area contributed by atoms with Gasteiger partial charge in [-0.1, -0.05) is 25.1 Å². The zero-order valence-electron chi connectivity index (χ0n) is 24.1. The third-order valence-electron chi connectivity index (χ3n) is 7.63. The van der Waals surface area contributed by atoms with Gasteiger partial charge >= 0.3 is 0 Å². The van der Waals surface area contributed by atoms with E-state index in [0.29, 0.717) is 37.2 Å². The SMILES string of the molecule is CC(C)C[C@H]1NC(=O)c2cc(F)ccc2OCCn2cc(nn2)CCN(C(=O)c2ccc3c(c2)CCC3)CCNC1=O. The Labute approximate surface area is 244 Å². The fraction of sp³-hybridized carbons (Fsp3) is 0.452. The zero-order chi connectivity index (χ0) is 29.6. The minimum Gasteiger partial charge on any atom is -0.491 e. The third kappa shape index (κ3) is 7.13. The Balaban J connectivity index is 1.38. The average molecular weight is 577 g/mol. The summed E-state index contributed by atoms with van der Waals surface area (Å²) in [6.45, 7) is 5.28. The predicted octanol–water partition coefficient (Wildman–Crippen LogP) is 2.94. The molecule has 0 saturated carbocycles. The Morgan fingerprint density at radius 2 is 1.90 bits per heavy atom. The number of rotatable bonds is 3. The van der Waals surface area contributed by atoms with Crippen molar-refractivity contribution in [2.24, 2.45) is 5.92 Å². The largest absolute Gasteiger partial charge is 0.491 e. The summed E-state index contributed by atoms with van der Waals surface area (Å²) in [4.78, 5) is 41.9. The molecule has 5 rings (SSSR count). The summed E-state index contributed by atoms with van der Waals surface area (Å²) in [6.07, 6.45) is 5.76. The van der Waals surface area contributed by atoms with Gasteiger partial charge in [-0.25, -0.2) is 9.07 Å². The van der Waals surface area contributed by atoms with Crippen molar-refractivity contribution in [3.05, 3.63) is 76.4 Å². The van der Waals surface area contributed by atoms with Crippen molar-refractivity contribution in [3.63, 3.8) is 0 Å². The van der Waals surface area contributed by atoms with Crippen LogP contribution in [0.3, 0.4) is 0 Å². The normalized spacial score (nSPS) is 18.3. The summed E-state index contributed by atoms with van der Waals surface area (Å²) in [7, 11) is 0. The van der Waals surface area contributed by atoms with Gasteiger partial charge < -0.3 is 20.3 Å². The molecular weight excluding hydrogens is 539 g/mol. The Morgan fingerprint density at radius 3 is 2.74 bits per heavy atom. The van der Waals surface area contributed by atoms with E-state index < -0.39 is 17.8 Å². The smallest absolute Gasteiger partial charge is 0.255 e. The molecule has 0 spiro atoms. The highest BCUT2D eigenvalue weighted by molar-refractivity contribution is 5.99. The fourth-order valence-electron chi connectivity index (χ4n) is 5.45. The van der Waals surface area contributed by atoms with Gasteiger partial charge in [0.1, 0.15) is 24.2 Å². The maximum absolute atomic E-state index is 14.1. The summed E-state index contributed by atoms with van der Waals surface area (Å²) in [5, 5.41) is 14.1. The van der Waals surface area contributed by atoms with E-state index in [2.05, 4.69) is 20.9 Å². The molecule has 0 saturated heterocycles. The summed E-state index contributed by atoms with van der Waals surface area (Å²) < 4.78 is 21.6. The van der Waals surface area contributed by atoms with Gasteiger partial charge in [0.15, 0.2) is 0 Å². The molecule has 0 unspecified atom stereocenters. The second-order valence-corrected chi connectivity index (χ2v) is 11.3. The molecule has 1 aliphatic heterocycles. The lowest BCUT2D eigenvalue weighted by atomic mass is 10.0. The molecule has 3 aromatic rings. The molecule has 42 heavy (non-hydrogen) atoms. The van der Waals surface area contributed by atoms with Crippen LogP contribution in [0.5, 0.6) is 5.75 Å². The molecule has 10 nitrogen and oxygen atoms in total. The van der Waals surface area contributed by atoms with Gasteiger partial charge in [0.2, 0.25) is 5.91 Å². The third-order valence-corrected chi connectivity index (χ3v) is 7.63. The van der Waals surface area contributed by atoms with Crippen LogP contribution in [0.15, 0.2) is 42.6 Å². The van der Waals surface area contributed by atoms with Gasteiger partial charge in [0.05, 0.1) is 17.8 Å². The average Bonchev–Trinajstić information content (AvgIpc) is 3.63.